The van der Waals surface area contributed by atoms with Crippen molar-refractivity contribution in [2.45, 2.75) is 20.1 Å². The minimum Gasteiger partial charge on any atom is -0.422 e. The average molecular weight is 277 g/mol. The summed E-state index contributed by atoms with van der Waals surface area (Å²) >= 11 is 0. The number of rotatable bonds is 5. The first kappa shape index (κ1) is 15.8. The number of hydrogen-bond donors (Lipinski definition) is 0. The summed E-state index contributed by atoms with van der Waals surface area (Å²) < 4.78 is 9.90. The molecule has 20 heavy (non-hydrogen) atoms. The molecule has 1 aromatic carbocycles. The molecule has 0 heterocycles. The number of hydrogen-bond acceptors (Lipinski definition) is 5. The Morgan fingerprint density at radius 2 is 1.70 bits per heavy atom. The first-order chi connectivity index (χ1) is 9.31. The number of nitrogens with zero attached hydrogens (tertiary/aromatic N) is 1. The lowest BCUT2D eigenvalue weighted by Crippen LogP contribution is -2.22. The number of esters is 2. The number of ether oxygens (including phenoxy) is 2. The quantitative estimate of drug-likeness (QED) is 0.470. The van der Waals surface area contributed by atoms with Crippen molar-refractivity contribution in [1.29, 1.82) is 0 Å². The van der Waals surface area contributed by atoms with E-state index in [2.05, 4.69) is 6.58 Å². The summed E-state index contributed by atoms with van der Waals surface area (Å²) in [4.78, 5) is 25.0. The summed E-state index contributed by atoms with van der Waals surface area (Å²) in [5.74, 6) is -1.13. The molecule has 0 aliphatic rings. The van der Waals surface area contributed by atoms with Gasteiger partial charge in [-0.05, 0) is 31.2 Å². The van der Waals surface area contributed by atoms with Crippen molar-refractivity contribution in [2.75, 3.05) is 19.0 Å². The third-order valence-corrected chi connectivity index (χ3v) is 2.51. The number of carbonyl (C=O) groups is 2. The lowest BCUT2D eigenvalue weighted by atomic mass is 10.2. The molecule has 0 N–H and O–H groups in total. The van der Waals surface area contributed by atoms with Gasteiger partial charge < -0.3 is 14.4 Å². The highest BCUT2D eigenvalue weighted by atomic mass is 16.7. The van der Waals surface area contributed by atoms with E-state index in [9.17, 15) is 9.59 Å². The normalized spacial score (nSPS) is 11.4. The van der Waals surface area contributed by atoms with Crippen molar-refractivity contribution in [2.24, 2.45) is 0 Å². The van der Waals surface area contributed by atoms with Crippen LogP contribution in [0.3, 0.4) is 0 Å². The maximum absolute atomic E-state index is 11.8. The van der Waals surface area contributed by atoms with E-state index < -0.39 is 18.2 Å². The van der Waals surface area contributed by atoms with Crippen LogP contribution >= 0.6 is 0 Å². The van der Waals surface area contributed by atoms with Gasteiger partial charge in [0, 0.05) is 32.3 Å². The van der Waals surface area contributed by atoms with Gasteiger partial charge in [0.15, 0.2) is 0 Å². The lowest BCUT2D eigenvalue weighted by Gasteiger charge is -2.15. The standard InChI is InChI=1S/C15H19NO4/c1-10(2)14(17)19-11(3)20-15(18)12-6-8-13(9-7-12)16(4)5/h6-9,11H,1H2,2-5H3. The van der Waals surface area contributed by atoms with E-state index >= 15 is 0 Å². The Hall–Kier alpha value is -2.30. The molecule has 0 bridgehead atoms. The van der Waals surface area contributed by atoms with E-state index in [1.54, 1.807) is 24.3 Å². The van der Waals surface area contributed by atoms with Crippen molar-refractivity contribution in [3.8, 4) is 0 Å². The molecule has 108 valence electrons. The van der Waals surface area contributed by atoms with Crippen LogP contribution in [0.25, 0.3) is 0 Å². The van der Waals surface area contributed by atoms with Crippen LogP contribution in [0.15, 0.2) is 36.4 Å². The van der Waals surface area contributed by atoms with Gasteiger partial charge in [-0.2, -0.15) is 0 Å². The van der Waals surface area contributed by atoms with Crippen molar-refractivity contribution < 1.29 is 19.1 Å². The summed E-state index contributed by atoms with van der Waals surface area (Å²) in [5, 5.41) is 0. The molecule has 5 nitrogen and oxygen atoms in total. The van der Waals surface area contributed by atoms with Crippen molar-refractivity contribution in [3.63, 3.8) is 0 Å². The molecule has 0 amide bonds. The molecule has 0 fully saturated rings. The van der Waals surface area contributed by atoms with Gasteiger partial charge in [0.25, 0.3) is 0 Å². The molecule has 0 saturated heterocycles. The molecule has 1 rings (SSSR count). The summed E-state index contributed by atoms with van der Waals surface area (Å²) in [6, 6.07) is 6.93. The maximum atomic E-state index is 11.8. The maximum Gasteiger partial charge on any atom is 0.341 e. The topological polar surface area (TPSA) is 55.8 Å². The number of anilines is 1. The van der Waals surface area contributed by atoms with Gasteiger partial charge in [0.05, 0.1) is 5.56 Å². The number of carbonyl (C=O) groups excluding carboxylic acids is 2. The summed E-state index contributed by atoms with van der Waals surface area (Å²) in [6.07, 6.45) is -0.958. The summed E-state index contributed by atoms with van der Waals surface area (Å²) in [7, 11) is 3.82. The molecule has 1 unspecified atom stereocenters. The molecule has 0 aliphatic heterocycles. The number of benzene rings is 1. The largest absolute Gasteiger partial charge is 0.422 e. The van der Waals surface area contributed by atoms with Crippen LogP contribution in [-0.2, 0) is 14.3 Å². The third kappa shape index (κ3) is 4.42. The average Bonchev–Trinajstić information content (AvgIpc) is 2.38. The van der Waals surface area contributed by atoms with E-state index in [1.807, 2.05) is 19.0 Å². The molecule has 0 spiro atoms. The molecular formula is C15H19NO4. The van der Waals surface area contributed by atoms with Gasteiger partial charge in [-0.15, -0.1) is 0 Å². The van der Waals surface area contributed by atoms with Gasteiger partial charge >= 0.3 is 11.9 Å². The summed E-state index contributed by atoms with van der Waals surface area (Å²) in [5.41, 5.74) is 1.63. The van der Waals surface area contributed by atoms with Crippen LogP contribution in [0, 0.1) is 0 Å². The van der Waals surface area contributed by atoms with E-state index in [1.165, 1.54) is 13.8 Å². The first-order valence-corrected chi connectivity index (χ1v) is 6.16. The van der Waals surface area contributed by atoms with Gasteiger partial charge in [-0.25, -0.2) is 9.59 Å². The van der Waals surface area contributed by atoms with Crippen LogP contribution < -0.4 is 4.90 Å². The molecule has 1 atom stereocenters. The Balaban J connectivity index is 2.62. The second-order valence-electron chi connectivity index (χ2n) is 4.60. The SMILES string of the molecule is C=C(C)C(=O)OC(C)OC(=O)c1ccc(N(C)C)cc1. The van der Waals surface area contributed by atoms with Crippen LogP contribution in [0.2, 0.25) is 0 Å². The first-order valence-electron chi connectivity index (χ1n) is 6.16. The van der Waals surface area contributed by atoms with Gasteiger partial charge in [0.1, 0.15) is 0 Å². The highest BCUT2D eigenvalue weighted by Gasteiger charge is 2.16. The molecule has 5 heteroatoms. The predicted molar refractivity (Wildman–Crippen MR) is 76.6 cm³/mol. The Kier molecular flexibility index (Phi) is 5.32. The van der Waals surface area contributed by atoms with Gasteiger partial charge in [-0.3, -0.25) is 0 Å². The zero-order valence-electron chi connectivity index (χ0n) is 12.2. The lowest BCUT2D eigenvalue weighted by molar-refractivity contribution is -0.160. The third-order valence-electron chi connectivity index (χ3n) is 2.51. The summed E-state index contributed by atoms with van der Waals surface area (Å²) in [6.45, 7) is 6.46. The minimum absolute atomic E-state index is 0.253. The minimum atomic E-state index is -0.958. The van der Waals surface area contributed by atoms with Crippen LogP contribution in [-0.4, -0.2) is 32.3 Å². The van der Waals surface area contributed by atoms with Crippen molar-refractivity contribution in [3.05, 3.63) is 42.0 Å². The molecule has 0 saturated carbocycles. The Morgan fingerprint density at radius 1 is 1.15 bits per heavy atom. The fourth-order valence-corrected chi connectivity index (χ4v) is 1.39. The second-order valence-corrected chi connectivity index (χ2v) is 4.60. The molecule has 1 aromatic rings. The zero-order valence-corrected chi connectivity index (χ0v) is 12.2. The zero-order chi connectivity index (χ0) is 15.3. The molecular weight excluding hydrogens is 258 g/mol. The Bertz CT molecular complexity index is 505. The van der Waals surface area contributed by atoms with Crippen LogP contribution in [0.1, 0.15) is 24.2 Å². The van der Waals surface area contributed by atoms with E-state index in [0.29, 0.717) is 5.56 Å². The van der Waals surface area contributed by atoms with Crippen LogP contribution in [0.5, 0.6) is 0 Å². The fraction of sp³-hybridized carbons (Fsp3) is 0.333. The fourth-order valence-electron chi connectivity index (χ4n) is 1.39. The second kappa shape index (κ2) is 6.75. The Morgan fingerprint density at radius 3 is 2.15 bits per heavy atom. The van der Waals surface area contributed by atoms with E-state index in [4.69, 9.17) is 9.47 Å². The molecule has 0 aromatic heterocycles. The smallest absolute Gasteiger partial charge is 0.341 e. The van der Waals surface area contributed by atoms with E-state index in [-0.39, 0.29) is 5.57 Å². The molecule has 0 aliphatic carbocycles. The van der Waals surface area contributed by atoms with Gasteiger partial charge in [-0.1, -0.05) is 6.58 Å². The monoisotopic (exact) mass is 277 g/mol. The highest BCUT2D eigenvalue weighted by molar-refractivity contribution is 5.90. The highest BCUT2D eigenvalue weighted by Crippen LogP contribution is 2.13. The van der Waals surface area contributed by atoms with Crippen molar-refractivity contribution in [1.82, 2.24) is 0 Å². The van der Waals surface area contributed by atoms with E-state index in [0.717, 1.165) is 5.69 Å². The van der Waals surface area contributed by atoms with Crippen molar-refractivity contribution >= 4 is 17.6 Å². The molecule has 0 radical (unpaired) electrons. The van der Waals surface area contributed by atoms with Gasteiger partial charge in [0.2, 0.25) is 6.29 Å². The Labute approximate surface area is 118 Å². The van der Waals surface area contributed by atoms with Crippen LogP contribution in [0.4, 0.5) is 5.69 Å². The predicted octanol–water partition coefficient (Wildman–Crippen LogP) is 2.37.